The molecule has 1 aliphatic heterocycles. The van der Waals surface area contributed by atoms with Crippen LogP contribution in [0.25, 0.3) is 0 Å². The number of ether oxygens (including phenoxy) is 2. The first-order valence-electron chi connectivity index (χ1n) is 7.67. The Labute approximate surface area is 131 Å². The first-order chi connectivity index (χ1) is 10.2. The van der Waals surface area contributed by atoms with Crippen molar-refractivity contribution in [2.75, 3.05) is 19.7 Å². The third-order valence-electron chi connectivity index (χ3n) is 3.10. The number of likely N-dealkylation sites (tertiary alicyclic amines) is 1. The van der Waals surface area contributed by atoms with Gasteiger partial charge in [0, 0.05) is 6.54 Å². The van der Waals surface area contributed by atoms with Crippen molar-refractivity contribution in [3.63, 3.8) is 0 Å². The van der Waals surface area contributed by atoms with E-state index in [0.717, 1.165) is 12.8 Å². The van der Waals surface area contributed by atoms with Crippen LogP contribution < -0.4 is 5.32 Å². The van der Waals surface area contributed by atoms with Gasteiger partial charge in [0.05, 0.1) is 6.61 Å². The van der Waals surface area contributed by atoms with Gasteiger partial charge in [-0.3, -0.25) is 9.59 Å². The Kier molecular flexibility index (Phi) is 6.64. The first kappa shape index (κ1) is 18.3. The lowest BCUT2D eigenvalue weighted by molar-refractivity contribution is -0.149. The van der Waals surface area contributed by atoms with Crippen molar-refractivity contribution in [3.8, 4) is 0 Å². The molecule has 1 fully saturated rings. The number of rotatable bonds is 4. The average Bonchev–Trinajstić information content (AvgIpc) is 2.52. The second kappa shape index (κ2) is 8.00. The fourth-order valence-corrected chi connectivity index (χ4v) is 2.21. The molecule has 1 rings (SSSR count). The highest BCUT2D eigenvalue weighted by Gasteiger charge is 2.30. The van der Waals surface area contributed by atoms with Crippen LogP contribution in [0.15, 0.2) is 0 Å². The molecule has 2 amide bonds. The predicted octanol–water partition coefficient (Wildman–Crippen LogP) is 1.46. The van der Waals surface area contributed by atoms with Crippen molar-refractivity contribution in [1.82, 2.24) is 10.2 Å². The van der Waals surface area contributed by atoms with E-state index in [-0.39, 0.29) is 19.1 Å². The molecule has 22 heavy (non-hydrogen) atoms. The van der Waals surface area contributed by atoms with E-state index in [1.807, 2.05) is 0 Å². The van der Waals surface area contributed by atoms with Gasteiger partial charge in [0.25, 0.3) is 0 Å². The Morgan fingerprint density at radius 2 is 2.00 bits per heavy atom. The monoisotopic (exact) mass is 314 g/mol. The van der Waals surface area contributed by atoms with Crippen molar-refractivity contribution in [1.29, 1.82) is 0 Å². The van der Waals surface area contributed by atoms with Crippen LogP contribution in [-0.2, 0) is 19.1 Å². The van der Waals surface area contributed by atoms with E-state index in [0.29, 0.717) is 13.0 Å². The number of nitrogens with zero attached hydrogens (tertiary/aromatic N) is 1. The summed E-state index contributed by atoms with van der Waals surface area (Å²) in [4.78, 5) is 37.2. The average molecular weight is 314 g/mol. The zero-order chi connectivity index (χ0) is 16.8. The summed E-state index contributed by atoms with van der Waals surface area (Å²) in [5.41, 5.74) is -0.623. The van der Waals surface area contributed by atoms with Gasteiger partial charge in [-0.15, -0.1) is 0 Å². The van der Waals surface area contributed by atoms with Crippen LogP contribution in [0.2, 0.25) is 0 Å². The summed E-state index contributed by atoms with van der Waals surface area (Å²) in [5.74, 6) is -0.704. The van der Waals surface area contributed by atoms with Crippen molar-refractivity contribution in [2.24, 2.45) is 0 Å². The van der Waals surface area contributed by atoms with Crippen molar-refractivity contribution in [2.45, 2.75) is 58.6 Å². The highest BCUT2D eigenvalue weighted by atomic mass is 16.6. The van der Waals surface area contributed by atoms with Gasteiger partial charge in [0.2, 0.25) is 5.91 Å². The summed E-state index contributed by atoms with van der Waals surface area (Å²) in [6.45, 7) is 7.68. The number of carbonyl (C=O) groups excluding carboxylic acids is 3. The predicted molar refractivity (Wildman–Crippen MR) is 80.2 cm³/mol. The number of amides is 2. The Bertz CT molecular complexity index is 417. The van der Waals surface area contributed by atoms with Gasteiger partial charge in [0.15, 0.2) is 0 Å². The minimum atomic E-state index is -0.660. The third kappa shape index (κ3) is 6.32. The van der Waals surface area contributed by atoms with E-state index in [1.54, 1.807) is 27.7 Å². The van der Waals surface area contributed by atoms with E-state index in [2.05, 4.69) is 5.32 Å². The summed E-state index contributed by atoms with van der Waals surface area (Å²) < 4.78 is 10.0. The van der Waals surface area contributed by atoms with Crippen LogP contribution in [-0.4, -0.2) is 54.2 Å². The summed E-state index contributed by atoms with van der Waals surface area (Å²) in [6.07, 6.45) is 1.50. The highest BCUT2D eigenvalue weighted by Crippen LogP contribution is 2.14. The van der Waals surface area contributed by atoms with Crippen LogP contribution in [0.3, 0.4) is 0 Å². The molecular formula is C15H26N2O5. The molecule has 1 heterocycles. The Balaban J connectivity index is 2.64. The number of esters is 1. The first-order valence-corrected chi connectivity index (χ1v) is 7.67. The SMILES string of the molecule is CCOC(=O)CN1CCCCC(NC(=O)OC(C)(C)C)C1=O. The minimum Gasteiger partial charge on any atom is -0.465 e. The molecule has 0 radical (unpaired) electrons. The maximum atomic E-state index is 12.4. The third-order valence-corrected chi connectivity index (χ3v) is 3.10. The molecule has 1 N–H and O–H groups in total. The second-order valence-electron chi connectivity index (χ2n) is 6.26. The normalized spacial score (nSPS) is 19.4. The minimum absolute atomic E-state index is 0.0842. The second-order valence-corrected chi connectivity index (χ2v) is 6.26. The molecule has 0 aromatic heterocycles. The molecule has 7 heteroatoms. The van der Waals surface area contributed by atoms with Gasteiger partial charge in [-0.25, -0.2) is 4.79 Å². The summed E-state index contributed by atoms with van der Waals surface area (Å²) >= 11 is 0. The lowest BCUT2D eigenvalue weighted by Crippen LogP contribution is -2.49. The van der Waals surface area contributed by atoms with E-state index in [1.165, 1.54) is 4.90 Å². The van der Waals surface area contributed by atoms with Gasteiger partial charge in [-0.2, -0.15) is 0 Å². The lowest BCUT2D eigenvalue weighted by atomic mass is 10.1. The summed E-state index contributed by atoms with van der Waals surface area (Å²) in [5, 5.41) is 2.60. The molecule has 0 saturated carbocycles. The molecule has 1 aliphatic rings. The number of alkyl carbamates (subject to hydrolysis) is 1. The van der Waals surface area contributed by atoms with Crippen LogP contribution in [0.5, 0.6) is 0 Å². The van der Waals surface area contributed by atoms with E-state index < -0.39 is 23.7 Å². The number of nitrogens with one attached hydrogen (secondary N) is 1. The van der Waals surface area contributed by atoms with Crippen LogP contribution >= 0.6 is 0 Å². The maximum Gasteiger partial charge on any atom is 0.408 e. The zero-order valence-corrected chi connectivity index (χ0v) is 13.8. The highest BCUT2D eigenvalue weighted by molar-refractivity contribution is 5.88. The Morgan fingerprint density at radius 1 is 1.32 bits per heavy atom. The Morgan fingerprint density at radius 3 is 2.59 bits per heavy atom. The van der Waals surface area contributed by atoms with Gasteiger partial charge >= 0.3 is 12.1 Å². The topological polar surface area (TPSA) is 84.9 Å². The standard InChI is InChI=1S/C15H26N2O5/c1-5-21-12(18)10-17-9-7-6-8-11(13(17)19)16-14(20)22-15(2,3)4/h11H,5-10H2,1-4H3,(H,16,20). The smallest absolute Gasteiger partial charge is 0.408 e. The molecule has 0 bridgehead atoms. The van der Waals surface area contributed by atoms with E-state index >= 15 is 0 Å². The van der Waals surface area contributed by atoms with Crippen molar-refractivity contribution >= 4 is 18.0 Å². The lowest BCUT2D eigenvalue weighted by Gasteiger charge is -2.25. The molecule has 0 aromatic rings. The molecule has 1 unspecified atom stereocenters. The fraction of sp³-hybridized carbons (Fsp3) is 0.800. The molecule has 1 saturated heterocycles. The van der Waals surface area contributed by atoms with Crippen molar-refractivity contribution < 1.29 is 23.9 Å². The molecule has 0 aromatic carbocycles. The molecule has 0 aliphatic carbocycles. The summed E-state index contributed by atoms with van der Waals surface area (Å²) in [6, 6.07) is -0.660. The molecule has 7 nitrogen and oxygen atoms in total. The largest absolute Gasteiger partial charge is 0.465 e. The van der Waals surface area contributed by atoms with Gasteiger partial charge < -0.3 is 19.7 Å². The van der Waals surface area contributed by atoms with Gasteiger partial charge in [-0.05, 0) is 47.0 Å². The number of hydrogen-bond acceptors (Lipinski definition) is 5. The van der Waals surface area contributed by atoms with Gasteiger partial charge in [-0.1, -0.05) is 0 Å². The van der Waals surface area contributed by atoms with E-state index in [4.69, 9.17) is 9.47 Å². The summed E-state index contributed by atoms with van der Waals surface area (Å²) in [7, 11) is 0. The molecule has 0 spiro atoms. The van der Waals surface area contributed by atoms with E-state index in [9.17, 15) is 14.4 Å². The number of carbonyl (C=O) groups is 3. The number of hydrogen-bond donors (Lipinski definition) is 1. The van der Waals surface area contributed by atoms with Crippen molar-refractivity contribution in [3.05, 3.63) is 0 Å². The van der Waals surface area contributed by atoms with Gasteiger partial charge in [0.1, 0.15) is 18.2 Å². The zero-order valence-electron chi connectivity index (χ0n) is 13.8. The fourth-order valence-electron chi connectivity index (χ4n) is 2.21. The molecule has 126 valence electrons. The molecule has 1 atom stereocenters. The van der Waals surface area contributed by atoms with Crippen LogP contribution in [0.1, 0.15) is 47.0 Å². The Hall–Kier alpha value is -1.79. The van der Waals surface area contributed by atoms with Crippen LogP contribution in [0.4, 0.5) is 4.79 Å². The molecular weight excluding hydrogens is 288 g/mol. The maximum absolute atomic E-state index is 12.4. The van der Waals surface area contributed by atoms with Crippen LogP contribution in [0, 0.1) is 0 Å². The quantitative estimate of drug-likeness (QED) is 0.794.